The molecule has 2 aromatic carbocycles. The fourth-order valence-corrected chi connectivity index (χ4v) is 2.84. The minimum atomic E-state index is -4.44. The average molecular weight is 403 g/mol. The van der Waals surface area contributed by atoms with E-state index in [4.69, 9.17) is 10.6 Å². The number of ether oxygens (including phenoxy) is 1. The van der Waals surface area contributed by atoms with Crippen molar-refractivity contribution in [2.45, 2.75) is 18.6 Å². The van der Waals surface area contributed by atoms with Gasteiger partial charge in [-0.3, -0.25) is 5.84 Å². The monoisotopic (exact) mass is 402 g/mol. The Morgan fingerprint density at radius 2 is 1.88 bits per heavy atom. The SMILES string of the molecule is CN(N)C(CCOc1ccccc1C(F)(F)F)c1cccc(Br)c1. The van der Waals surface area contributed by atoms with Gasteiger partial charge in [0.25, 0.3) is 0 Å². The van der Waals surface area contributed by atoms with Crippen LogP contribution in [0.3, 0.4) is 0 Å². The van der Waals surface area contributed by atoms with E-state index in [1.54, 1.807) is 7.05 Å². The van der Waals surface area contributed by atoms with Gasteiger partial charge in [-0.25, -0.2) is 5.01 Å². The van der Waals surface area contributed by atoms with Gasteiger partial charge in [0.05, 0.1) is 18.2 Å². The van der Waals surface area contributed by atoms with E-state index in [1.807, 2.05) is 24.3 Å². The van der Waals surface area contributed by atoms with Crippen LogP contribution in [0, 0.1) is 0 Å². The Morgan fingerprint density at radius 1 is 1.17 bits per heavy atom. The molecule has 130 valence electrons. The van der Waals surface area contributed by atoms with Crippen LogP contribution >= 0.6 is 15.9 Å². The second-order valence-electron chi connectivity index (χ2n) is 5.37. The Labute approximate surface area is 147 Å². The van der Waals surface area contributed by atoms with E-state index in [1.165, 1.54) is 23.2 Å². The van der Waals surface area contributed by atoms with Crippen molar-refractivity contribution in [3.8, 4) is 5.75 Å². The number of alkyl halides is 3. The van der Waals surface area contributed by atoms with Crippen LogP contribution in [-0.4, -0.2) is 18.7 Å². The zero-order chi connectivity index (χ0) is 17.7. The third kappa shape index (κ3) is 4.96. The Balaban J connectivity index is 2.07. The standard InChI is InChI=1S/C17H18BrF3N2O/c1-23(22)15(12-5-4-6-13(18)11-12)9-10-24-16-8-3-2-7-14(16)17(19,20)21/h2-8,11,15H,9-10,22H2,1H3. The number of halogens is 4. The van der Waals surface area contributed by atoms with Crippen molar-refractivity contribution in [3.63, 3.8) is 0 Å². The van der Waals surface area contributed by atoms with E-state index in [2.05, 4.69) is 15.9 Å². The first-order chi connectivity index (χ1) is 11.3. The molecule has 1 atom stereocenters. The Kier molecular flexibility index (Phi) is 6.26. The van der Waals surface area contributed by atoms with E-state index < -0.39 is 11.7 Å². The molecule has 0 bridgehead atoms. The molecule has 7 heteroatoms. The highest BCUT2D eigenvalue weighted by atomic mass is 79.9. The lowest BCUT2D eigenvalue weighted by Gasteiger charge is -2.25. The average Bonchev–Trinajstić information content (AvgIpc) is 2.50. The zero-order valence-corrected chi connectivity index (χ0v) is 14.6. The lowest BCUT2D eigenvalue weighted by molar-refractivity contribution is -0.139. The lowest BCUT2D eigenvalue weighted by atomic mass is 10.0. The molecule has 2 aromatic rings. The first kappa shape index (κ1) is 18.8. The normalized spacial score (nSPS) is 13.1. The van der Waals surface area contributed by atoms with E-state index >= 15 is 0 Å². The van der Waals surface area contributed by atoms with Crippen LogP contribution in [0.15, 0.2) is 53.0 Å². The van der Waals surface area contributed by atoms with Gasteiger partial charge < -0.3 is 4.74 Å². The number of para-hydroxylation sites is 1. The van der Waals surface area contributed by atoms with Crippen molar-refractivity contribution < 1.29 is 17.9 Å². The molecule has 0 aliphatic carbocycles. The van der Waals surface area contributed by atoms with Gasteiger partial charge in [0.1, 0.15) is 5.75 Å². The fourth-order valence-electron chi connectivity index (χ4n) is 2.43. The van der Waals surface area contributed by atoms with Gasteiger partial charge in [-0.15, -0.1) is 0 Å². The second-order valence-corrected chi connectivity index (χ2v) is 6.28. The van der Waals surface area contributed by atoms with Crippen molar-refractivity contribution in [1.29, 1.82) is 0 Å². The molecule has 0 saturated carbocycles. The molecular formula is C17H18BrF3N2O. The van der Waals surface area contributed by atoms with E-state index in [0.29, 0.717) is 6.42 Å². The minimum Gasteiger partial charge on any atom is -0.493 e. The Morgan fingerprint density at radius 3 is 2.50 bits per heavy atom. The highest BCUT2D eigenvalue weighted by Gasteiger charge is 2.34. The summed E-state index contributed by atoms with van der Waals surface area (Å²) in [5, 5.41) is 1.53. The van der Waals surface area contributed by atoms with Crippen molar-refractivity contribution in [1.82, 2.24) is 5.01 Å². The third-order valence-corrected chi connectivity index (χ3v) is 4.06. The van der Waals surface area contributed by atoms with E-state index in [0.717, 1.165) is 16.1 Å². The third-order valence-electron chi connectivity index (χ3n) is 3.57. The molecule has 24 heavy (non-hydrogen) atoms. The number of nitrogens with zero attached hydrogens (tertiary/aromatic N) is 1. The maximum atomic E-state index is 13.0. The fraction of sp³-hybridized carbons (Fsp3) is 0.294. The number of nitrogens with two attached hydrogens (primary N) is 1. The van der Waals surface area contributed by atoms with Crippen LogP contribution in [0.4, 0.5) is 13.2 Å². The number of hydrazine groups is 1. The largest absolute Gasteiger partial charge is 0.493 e. The van der Waals surface area contributed by atoms with Gasteiger partial charge >= 0.3 is 6.18 Å². The summed E-state index contributed by atoms with van der Waals surface area (Å²) in [5.41, 5.74) is 0.187. The summed E-state index contributed by atoms with van der Waals surface area (Å²) >= 11 is 3.40. The highest BCUT2D eigenvalue weighted by molar-refractivity contribution is 9.10. The molecule has 2 N–H and O–H groups in total. The number of hydrogen-bond acceptors (Lipinski definition) is 3. The molecule has 0 aromatic heterocycles. The first-order valence-corrected chi connectivity index (χ1v) is 8.10. The number of hydrogen-bond donors (Lipinski definition) is 1. The molecule has 0 heterocycles. The van der Waals surface area contributed by atoms with Gasteiger partial charge in [0.15, 0.2) is 0 Å². The summed E-state index contributed by atoms with van der Waals surface area (Å²) in [6.45, 7) is 0.117. The maximum Gasteiger partial charge on any atom is 0.419 e. The van der Waals surface area contributed by atoms with Crippen molar-refractivity contribution >= 4 is 15.9 Å². The van der Waals surface area contributed by atoms with Gasteiger partial charge in [-0.1, -0.05) is 40.2 Å². The quantitative estimate of drug-likeness (QED) is 0.557. The minimum absolute atomic E-state index is 0.117. The van der Waals surface area contributed by atoms with Crippen molar-refractivity contribution in [2.75, 3.05) is 13.7 Å². The molecule has 3 nitrogen and oxygen atoms in total. The maximum absolute atomic E-state index is 13.0. The Hall–Kier alpha value is -1.57. The molecule has 1 unspecified atom stereocenters. The predicted molar refractivity (Wildman–Crippen MR) is 90.4 cm³/mol. The summed E-state index contributed by atoms with van der Waals surface area (Å²) in [6.07, 6.45) is -3.99. The topological polar surface area (TPSA) is 38.5 Å². The summed E-state index contributed by atoms with van der Waals surface area (Å²) in [6, 6.07) is 12.7. The van der Waals surface area contributed by atoms with Crippen LogP contribution in [0.25, 0.3) is 0 Å². The summed E-state index contributed by atoms with van der Waals surface area (Å²) in [5.74, 6) is 5.71. The number of benzene rings is 2. The van der Waals surface area contributed by atoms with E-state index in [-0.39, 0.29) is 18.4 Å². The van der Waals surface area contributed by atoms with Gasteiger partial charge in [0, 0.05) is 17.9 Å². The van der Waals surface area contributed by atoms with Crippen LogP contribution in [0.2, 0.25) is 0 Å². The van der Waals surface area contributed by atoms with Crippen LogP contribution in [0.1, 0.15) is 23.6 Å². The zero-order valence-electron chi connectivity index (χ0n) is 13.1. The van der Waals surface area contributed by atoms with Crippen molar-refractivity contribution in [2.24, 2.45) is 5.84 Å². The molecule has 0 saturated heterocycles. The first-order valence-electron chi connectivity index (χ1n) is 7.31. The molecule has 0 amide bonds. The highest BCUT2D eigenvalue weighted by Crippen LogP contribution is 2.36. The molecule has 0 fully saturated rings. The molecule has 0 aliphatic rings. The van der Waals surface area contributed by atoms with Gasteiger partial charge in [0.2, 0.25) is 0 Å². The van der Waals surface area contributed by atoms with Crippen molar-refractivity contribution in [3.05, 3.63) is 64.1 Å². The predicted octanol–water partition coefficient (Wildman–Crippen LogP) is 4.78. The van der Waals surface area contributed by atoms with Crippen LogP contribution in [-0.2, 0) is 6.18 Å². The molecule has 0 radical (unpaired) electrons. The van der Waals surface area contributed by atoms with E-state index in [9.17, 15) is 13.2 Å². The van der Waals surface area contributed by atoms with Crippen LogP contribution < -0.4 is 10.6 Å². The summed E-state index contributed by atoms with van der Waals surface area (Å²) in [7, 11) is 1.72. The smallest absolute Gasteiger partial charge is 0.419 e. The van der Waals surface area contributed by atoms with Gasteiger partial charge in [-0.05, 0) is 29.8 Å². The summed E-state index contributed by atoms with van der Waals surface area (Å²) < 4.78 is 45.2. The van der Waals surface area contributed by atoms with Gasteiger partial charge in [-0.2, -0.15) is 13.2 Å². The summed E-state index contributed by atoms with van der Waals surface area (Å²) in [4.78, 5) is 0. The number of rotatable bonds is 6. The Bertz CT molecular complexity index is 677. The molecule has 0 spiro atoms. The van der Waals surface area contributed by atoms with Crippen LogP contribution in [0.5, 0.6) is 5.75 Å². The molecule has 2 rings (SSSR count). The molecule has 0 aliphatic heterocycles. The molecular weight excluding hydrogens is 385 g/mol. The second kappa shape index (κ2) is 8.00. The lowest BCUT2D eigenvalue weighted by Crippen LogP contribution is -2.32.